The van der Waals surface area contributed by atoms with Gasteiger partial charge in [-0.1, -0.05) is 43.7 Å². The van der Waals surface area contributed by atoms with Crippen LogP contribution >= 0.6 is 0 Å². The number of ether oxygens (including phenoxy) is 2. The zero-order valence-corrected chi connectivity index (χ0v) is 15.0. The van der Waals surface area contributed by atoms with E-state index < -0.39 is 0 Å². The average molecular weight is 314 g/mol. The van der Waals surface area contributed by atoms with Crippen molar-refractivity contribution in [1.82, 2.24) is 0 Å². The van der Waals surface area contributed by atoms with Gasteiger partial charge in [-0.2, -0.15) is 0 Å². The lowest BCUT2D eigenvalue weighted by atomic mass is 9.72. The molecular weight excluding hydrogens is 284 g/mol. The fourth-order valence-electron chi connectivity index (χ4n) is 3.56. The number of hydrogen-bond donors (Lipinski definition) is 0. The molecule has 2 nitrogen and oxygen atoms in total. The van der Waals surface area contributed by atoms with Gasteiger partial charge in [-0.3, -0.25) is 0 Å². The van der Waals surface area contributed by atoms with E-state index in [1.54, 1.807) is 7.11 Å². The zero-order valence-electron chi connectivity index (χ0n) is 15.0. The van der Waals surface area contributed by atoms with Gasteiger partial charge in [0.15, 0.2) is 6.79 Å². The predicted molar refractivity (Wildman–Crippen MR) is 96.9 cm³/mol. The van der Waals surface area contributed by atoms with Crippen molar-refractivity contribution in [3.05, 3.63) is 53.6 Å². The molecule has 1 aromatic rings. The van der Waals surface area contributed by atoms with Crippen molar-refractivity contribution in [3.63, 3.8) is 0 Å². The topological polar surface area (TPSA) is 18.5 Å². The van der Waals surface area contributed by atoms with Gasteiger partial charge >= 0.3 is 0 Å². The van der Waals surface area contributed by atoms with Crippen LogP contribution in [0, 0.1) is 11.8 Å². The lowest BCUT2D eigenvalue weighted by molar-refractivity contribution is 0.0499. The van der Waals surface area contributed by atoms with E-state index >= 15 is 0 Å². The summed E-state index contributed by atoms with van der Waals surface area (Å²) < 4.78 is 11.0. The van der Waals surface area contributed by atoms with E-state index in [0.717, 1.165) is 12.2 Å². The fraction of sp³-hybridized carbons (Fsp3) is 0.524. The lowest BCUT2D eigenvalue weighted by Gasteiger charge is -2.34. The van der Waals surface area contributed by atoms with Crippen LogP contribution in [0.25, 0.3) is 0 Å². The van der Waals surface area contributed by atoms with Crippen molar-refractivity contribution in [3.8, 4) is 5.75 Å². The highest BCUT2D eigenvalue weighted by molar-refractivity contribution is 5.43. The Kier molecular flexibility index (Phi) is 6.47. The van der Waals surface area contributed by atoms with Crippen LogP contribution in [-0.4, -0.2) is 13.9 Å². The number of rotatable bonds is 7. The van der Waals surface area contributed by atoms with E-state index in [1.807, 2.05) is 6.08 Å². The maximum atomic E-state index is 5.86. The summed E-state index contributed by atoms with van der Waals surface area (Å²) in [7, 11) is 1.66. The van der Waals surface area contributed by atoms with Gasteiger partial charge < -0.3 is 9.47 Å². The van der Waals surface area contributed by atoms with E-state index in [1.165, 1.54) is 29.5 Å². The summed E-state index contributed by atoms with van der Waals surface area (Å²) in [6.45, 7) is 11.0. The highest BCUT2D eigenvalue weighted by atomic mass is 16.7. The van der Waals surface area contributed by atoms with Crippen molar-refractivity contribution in [1.29, 1.82) is 0 Å². The van der Waals surface area contributed by atoms with Crippen molar-refractivity contribution in [2.24, 2.45) is 11.8 Å². The zero-order chi connectivity index (χ0) is 16.8. The highest BCUT2D eigenvalue weighted by Crippen LogP contribution is 2.43. The number of benzene rings is 1. The Hall–Kier alpha value is -1.54. The molecule has 0 unspecified atom stereocenters. The molecule has 0 spiro atoms. The lowest BCUT2D eigenvalue weighted by Crippen LogP contribution is -2.22. The van der Waals surface area contributed by atoms with E-state index in [4.69, 9.17) is 9.47 Å². The molecule has 126 valence electrons. The number of allylic oxidation sites excluding steroid dienone is 3. The molecule has 2 heteroatoms. The first kappa shape index (κ1) is 17.8. The summed E-state index contributed by atoms with van der Waals surface area (Å²) in [5.74, 6) is 2.67. The summed E-state index contributed by atoms with van der Waals surface area (Å²) in [5.41, 5.74) is 4.07. The van der Waals surface area contributed by atoms with Crippen molar-refractivity contribution < 1.29 is 9.47 Å². The Labute approximate surface area is 141 Å². The Bertz CT molecular complexity index is 557. The van der Waals surface area contributed by atoms with Gasteiger partial charge in [0, 0.05) is 18.6 Å². The Morgan fingerprint density at radius 2 is 2.13 bits per heavy atom. The van der Waals surface area contributed by atoms with Crippen LogP contribution in [0.4, 0.5) is 0 Å². The molecule has 0 aromatic heterocycles. The first-order valence-corrected chi connectivity index (χ1v) is 8.59. The van der Waals surface area contributed by atoms with Crippen LogP contribution in [0.5, 0.6) is 5.75 Å². The third kappa shape index (κ3) is 4.48. The molecule has 2 rings (SSSR count). The highest BCUT2D eigenvalue weighted by Gasteiger charge is 2.29. The second-order valence-corrected chi connectivity index (χ2v) is 6.90. The largest absolute Gasteiger partial charge is 0.467 e. The molecule has 1 aromatic carbocycles. The third-order valence-corrected chi connectivity index (χ3v) is 4.80. The fourth-order valence-corrected chi connectivity index (χ4v) is 3.56. The predicted octanol–water partition coefficient (Wildman–Crippen LogP) is 5.49. The summed E-state index contributed by atoms with van der Waals surface area (Å²) in [6.07, 6.45) is 7.75. The molecule has 0 fully saturated rings. The van der Waals surface area contributed by atoms with Gasteiger partial charge in [0.1, 0.15) is 5.75 Å². The standard InChI is InChI=1S/C21H30O2/c1-6-7-17-9-11-21(23-14-22-5)20(13-17)19-12-16(4)8-10-18(19)15(2)3/h6,9,11-13,15,18-19H,1,7-8,10,14H2,2-5H3/t18-,19+/m0/s1. The van der Waals surface area contributed by atoms with Crippen LogP contribution in [-0.2, 0) is 11.2 Å². The average Bonchev–Trinajstić information content (AvgIpc) is 2.53. The number of hydrogen-bond acceptors (Lipinski definition) is 2. The first-order valence-electron chi connectivity index (χ1n) is 8.59. The van der Waals surface area contributed by atoms with E-state index in [9.17, 15) is 0 Å². The van der Waals surface area contributed by atoms with Crippen LogP contribution in [0.15, 0.2) is 42.5 Å². The minimum atomic E-state index is 0.287. The molecule has 23 heavy (non-hydrogen) atoms. The smallest absolute Gasteiger partial charge is 0.188 e. The molecule has 0 N–H and O–H groups in total. The van der Waals surface area contributed by atoms with Crippen LogP contribution < -0.4 is 4.74 Å². The van der Waals surface area contributed by atoms with Gasteiger partial charge in [-0.25, -0.2) is 0 Å². The summed E-state index contributed by atoms with van der Waals surface area (Å²) in [6, 6.07) is 6.50. The number of methoxy groups -OCH3 is 1. The molecule has 0 bridgehead atoms. The summed E-state index contributed by atoms with van der Waals surface area (Å²) in [4.78, 5) is 0. The first-order chi connectivity index (χ1) is 11.1. The maximum absolute atomic E-state index is 5.86. The van der Waals surface area contributed by atoms with Gasteiger partial charge in [0.05, 0.1) is 0 Å². The monoisotopic (exact) mass is 314 g/mol. The third-order valence-electron chi connectivity index (χ3n) is 4.80. The second-order valence-electron chi connectivity index (χ2n) is 6.90. The van der Waals surface area contributed by atoms with Gasteiger partial charge in [-0.05, 0) is 49.7 Å². The molecule has 1 aliphatic rings. The van der Waals surface area contributed by atoms with Gasteiger partial charge in [0.25, 0.3) is 0 Å². The van der Waals surface area contributed by atoms with E-state index in [-0.39, 0.29) is 6.79 Å². The van der Waals surface area contributed by atoms with E-state index in [2.05, 4.69) is 51.6 Å². The molecule has 0 aliphatic heterocycles. The van der Waals surface area contributed by atoms with Crippen LogP contribution in [0.2, 0.25) is 0 Å². The van der Waals surface area contributed by atoms with Crippen molar-refractivity contribution in [2.45, 2.75) is 46.0 Å². The molecule has 0 heterocycles. The minimum Gasteiger partial charge on any atom is -0.467 e. The van der Waals surface area contributed by atoms with Gasteiger partial charge in [-0.15, -0.1) is 6.58 Å². The molecule has 0 amide bonds. The summed E-state index contributed by atoms with van der Waals surface area (Å²) >= 11 is 0. The SMILES string of the molecule is C=CCc1ccc(OCOC)c([C@@H]2C=C(C)CC[C@H]2C(C)C)c1. The van der Waals surface area contributed by atoms with Crippen molar-refractivity contribution >= 4 is 0 Å². The molecule has 1 aliphatic carbocycles. The molecule has 0 saturated heterocycles. The second kappa shape index (κ2) is 8.35. The minimum absolute atomic E-state index is 0.287. The quantitative estimate of drug-likeness (QED) is 0.489. The maximum Gasteiger partial charge on any atom is 0.188 e. The Morgan fingerprint density at radius 1 is 1.35 bits per heavy atom. The van der Waals surface area contributed by atoms with Crippen molar-refractivity contribution in [2.75, 3.05) is 13.9 Å². The normalized spacial score (nSPS) is 21.2. The Morgan fingerprint density at radius 3 is 2.78 bits per heavy atom. The molecule has 0 saturated carbocycles. The van der Waals surface area contributed by atoms with Gasteiger partial charge in [0.2, 0.25) is 0 Å². The summed E-state index contributed by atoms with van der Waals surface area (Å²) in [5, 5.41) is 0. The van der Waals surface area contributed by atoms with E-state index in [0.29, 0.717) is 17.8 Å². The molecule has 2 atom stereocenters. The molecule has 0 radical (unpaired) electrons. The Balaban J connectivity index is 2.44. The van der Waals surface area contributed by atoms with Crippen LogP contribution in [0.3, 0.4) is 0 Å². The van der Waals surface area contributed by atoms with Crippen LogP contribution in [0.1, 0.15) is 50.7 Å². The molecular formula is C21H30O2.